The molecule has 4 rings (SSSR count). The van der Waals surface area contributed by atoms with E-state index in [0.717, 1.165) is 5.56 Å². The van der Waals surface area contributed by atoms with Crippen molar-refractivity contribution in [1.82, 2.24) is 19.6 Å². The summed E-state index contributed by atoms with van der Waals surface area (Å²) in [5, 5.41) is 4.17. The molecule has 2 aliphatic rings. The average Bonchev–Trinajstić information content (AvgIpc) is 3.29. The first-order valence-corrected chi connectivity index (χ1v) is 10.1. The Morgan fingerprint density at radius 2 is 1.79 bits per heavy atom. The number of benzene rings is 1. The first kappa shape index (κ1) is 19.4. The number of rotatable bonds is 4. The van der Waals surface area contributed by atoms with Crippen molar-refractivity contribution in [2.45, 2.75) is 32.9 Å². The summed E-state index contributed by atoms with van der Waals surface area (Å²) in [5.74, 6) is 0.516. The Kier molecular flexibility index (Phi) is 5.22. The van der Waals surface area contributed by atoms with Crippen LogP contribution < -0.4 is 5.56 Å². The summed E-state index contributed by atoms with van der Waals surface area (Å²) in [6, 6.07) is 13.1. The number of carbonyl (C=O) groups is 2. The Balaban J connectivity index is 1.53. The molecule has 0 bridgehead atoms. The molecular weight excluding hydrogens is 368 g/mol. The van der Waals surface area contributed by atoms with Crippen LogP contribution in [0.3, 0.4) is 0 Å². The largest absolute Gasteiger partial charge is 0.340 e. The number of likely N-dealkylation sites (tertiary alicyclic amines) is 2. The number of hydrogen-bond acceptors (Lipinski definition) is 4. The van der Waals surface area contributed by atoms with Crippen molar-refractivity contribution in [3.05, 3.63) is 64.1 Å². The van der Waals surface area contributed by atoms with E-state index in [1.807, 2.05) is 34.9 Å². The van der Waals surface area contributed by atoms with Gasteiger partial charge in [0, 0.05) is 44.0 Å². The van der Waals surface area contributed by atoms with Crippen LogP contribution in [0.5, 0.6) is 0 Å². The zero-order valence-corrected chi connectivity index (χ0v) is 16.8. The molecule has 2 saturated heterocycles. The van der Waals surface area contributed by atoms with Crippen molar-refractivity contribution in [2.75, 3.05) is 19.6 Å². The molecule has 0 N–H and O–H groups in total. The van der Waals surface area contributed by atoms with E-state index in [1.165, 1.54) is 10.7 Å². The number of amides is 2. The van der Waals surface area contributed by atoms with E-state index in [-0.39, 0.29) is 41.8 Å². The lowest BCUT2D eigenvalue weighted by Crippen LogP contribution is -2.39. The van der Waals surface area contributed by atoms with Gasteiger partial charge in [0.15, 0.2) is 0 Å². The second-order valence-electron chi connectivity index (χ2n) is 7.95. The number of hydrogen-bond donors (Lipinski definition) is 0. The molecule has 0 saturated carbocycles. The minimum atomic E-state index is -0.273. The molecule has 7 heteroatoms. The van der Waals surface area contributed by atoms with Gasteiger partial charge in [-0.15, -0.1) is 0 Å². The minimum Gasteiger partial charge on any atom is -0.340 e. The number of carbonyl (C=O) groups excluding carboxylic acids is 2. The van der Waals surface area contributed by atoms with Crippen LogP contribution in [0.4, 0.5) is 0 Å². The summed E-state index contributed by atoms with van der Waals surface area (Å²) in [6.07, 6.45) is 0.480. The van der Waals surface area contributed by atoms with Gasteiger partial charge in [-0.05, 0) is 18.6 Å². The molecule has 0 unspecified atom stereocenters. The van der Waals surface area contributed by atoms with Gasteiger partial charge >= 0.3 is 0 Å². The summed E-state index contributed by atoms with van der Waals surface area (Å²) < 4.78 is 1.23. The van der Waals surface area contributed by atoms with Crippen LogP contribution in [0.25, 0.3) is 0 Å². The number of aryl methyl sites for hydroxylation is 1. The fourth-order valence-corrected chi connectivity index (χ4v) is 4.68. The van der Waals surface area contributed by atoms with Crippen molar-refractivity contribution in [3.8, 4) is 0 Å². The van der Waals surface area contributed by atoms with Gasteiger partial charge in [0.2, 0.25) is 11.8 Å². The van der Waals surface area contributed by atoms with Gasteiger partial charge in [-0.25, -0.2) is 4.68 Å². The fraction of sp³-hybridized carbons (Fsp3) is 0.455. The van der Waals surface area contributed by atoms with E-state index in [2.05, 4.69) is 17.2 Å². The molecule has 0 spiro atoms. The molecule has 3 atom stereocenters. The molecule has 29 heavy (non-hydrogen) atoms. The average molecular weight is 394 g/mol. The van der Waals surface area contributed by atoms with Crippen LogP contribution in [-0.2, 0) is 16.1 Å². The van der Waals surface area contributed by atoms with Crippen LogP contribution in [0.15, 0.2) is 47.3 Å². The first-order valence-electron chi connectivity index (χ1n) is 10.1. The van der Waals surface area contributed by atoms with Gasteiger partial charge in [-0.2, -0.15) is 5.10 Å². The zero-order chi connectivity index (χ0) is 20.5. The van der Waals surface area contributed by atoms with Crippen molar-refractivity contribution in [3.63, 3.8) is 0 Å². The highest BCUT2D eigenvalue weighted by molar-refractivity contribution is 5.78. The Bertz CT molecular complexity index is 972. The van der Waals surface area contributed by atoms with Crippen LogP contribution >= 0.6 is 0 Å². The first-order chi connectivity index (χ1) is 14.0. The van der Waals surface area contributed by atoms with Crippen molar-refractivity contribution >= 4 is 11.8 Å². The quantitative estimate of drug-likeness (QED) is 0.790. The highest BCUT2D eigenvalue weighted by Crippen LogP contribution is 2.45. The maximum absolute atomic E-state index is 12.9. The van der Waals surface area contributed by atoms with Gasteiger partial charge in [-0.3, -0.25) is 14.4 Å². The third-order valence-electron chi connectivity index (χ3n) is 6.07. The normalized spacial score (nSPS) is 23.3. The molecule has 2 aliphatic heterocycles. The SMILES string of the molecule is CCC(=O)N1C[C@@H]2CN(C(=O)Cn3nc(C)ccc3=O)C[C@@H]2[C@H]1c1ccccc1. The lowest BCUT2D eigenvalue weighted by molar-refractivity contribution is -0.133. The Morgan fingerprint density at radius 1 is 1.03 bits per heavy atom. The maximum atomic E-state index is 12.9. The molecule has 152 valence electrons. The monoisotopic (exact) mass is 394 g/mol. The number of nitrogens with zero attached hydrogens (tertiary/aromatic N) is 4. The fourth-order valence-electron chi connectivity index (χ4n) is 4.68. The minimum absolute atomic E-state index is 0.00809. The van der Waals surface area contributed by atoms with Crippen LogP contribution in [0.2, 0.25) is 0 Å². The van der Waals surface area contributed by atoms with Crippen molar-refractivity contribution in [2.24, 2.45) is 11.8 Å². The predicted octanol–water partition coefficient (Wildman–Crippen LogP) is 1.62. The third-order valence-corrected chi connectivity index (χ3v) is 6.07. The second kappa shape index (κ2) is 7.81. The molecule has 2 amide bonds. The van der Waals surface area contributed by atoms with E-state index in [0.29, 0.717) is 31.7 Å². The molecule has 0 aliphatic carbocycles. The molecule has 0 radical (unpaired) electrons. The lowest BCUT2D eigenvalue weighted by Gasteiger charge is -2.30. The smallest absolute Gasteiger partial charge is 0.267 e. The van der Waals surface area contributed by atoms with Gasteiger partial charge in [-0.1, -0.05) is 37.3 Å². The van der Waals surface area contributed by atoms with Gasteiger partial charge in [0.25, 0.3) is 5.56 Å². The van der Waals surface area contributed by atoms with Crippen molar-refractivity contribution in [1.29, 1.82) is 0 Å². The van der Waals surface area contributed by atoms with Gasteiger partial charge in [0.1, 0.15) is 6.54 Å². The summed E-state index contributed by atoms with van der Waals surface area (Å²) in [5.41, 5.74) is 1.55. The third kappa shape index (κ3) is 3.69. The summed E-state index contributed by atoms with van der Waals surface area (Å²) in [7, 11) is 0. The summed E-state index contributed by atoms with van der Waals surface area (Å²) in [4.78, 5) is 41.2. The van der Waals surface area contributed by atoms with Gasteiger partial charge in [0.05, 0.1) is 11.7 Å². The van der Waals surface area contributed by atoms with E-state index in [9.17, 15) is 14.4 Å². The lowest BCUT2D eigenvalue weighted by atomic mass is 9.89. The topological polar surface area (TPSA) is 75.5 Å². The van der Waals surface area contributed by atoms with E-state index in [1.54, 1.807) is 13.0 Å². The van der Waals surface area contributed by atoms with Gasteiger partial charge < -0.3 is 9.80 Å². The molecule has 3 heterocycles. The van der Waals surface area contributed by atoms with Crippen LogP contribution in [0, 0.1) is 18.8 Å². The highest BCUT2D eigenvalue weighted by Gasteiger charge is 2.49. The summed E-state index contributed by atoms with van der Waals surface area (Å²) >= 11 is 0. The maximum Gasteiger partial charge on any atom is 0.267 e. The Hall–Kier alpha value is -2.96. The molecule has 1 aromatic carbocycles. The Morgan fingerprint density at radius 3 is 2.52 bits per heavy atom. The molecular formula is C22H26N4O3. The zero-order valence-electron chi connectivity index (χ0n) is 16.8. The van der Waals surface area contributed by atoms with Crippen molar-refractivity contribution < 1.29 is 9.59 Å². The number of aromatic nitrogens is 2. The van der Waals surface area contributed by atoms with E-state index < -0.39 is 0 Å². The van der Waals surface area contributed by atoms with E-state index in [4.69, 9.17) is 0 Å². The molecule has 1 aromatic heterocycles. The standard InChI is InChI=1S/C22H26N4O3/c1-3-19(27)25-12-17-11-24(13-18(17)22(25)16-7-5-4-6-8-16)21(29)14-26-20(28)10-9-15(2)23-26/h4-10,17-18,22H,3,11-14H2,1-2H3/t17-,18-,22+/m0/s1. The molecule has 7 nitrogen and oxygen atoms in total. The Labute approximate surface area is 169 Å². The summed E-state index contributed by atoms with van der Waals surface area (Å²) in [6.45, 7) is 5.51. The molecule has 2 aromatic rings. The van der Waals surface area contributed by atoms with Crippen LogP contribution in [-0.4, -0.2) is 51.0 Å². The second-order valence-corrected chi connectivity index (χ2v) is 7.95. The predicted molar refractivity (Wildman–Crippen MR) is 108 cm³/mol. The highest BCUT2D eigenvalue weighted by atomic mass is 16.2. The van der Waals surface area contributed by atoms with E-state index >= 15 is 0 Å². The molecule has 2 fully saturated rings. The number of fused-ring (bicyclic) bond motifs is 1. The van der Waals surface area contributed by atoms with Crippen LogP contribution in [0.1, 0.15) is 30.6 Å².